The fourth-order valence-electron chi connectivity index (χ4n) is 2.38. The number of hydrogen-bond acceptors (Lipinski definition) is 4. The average Bonchev–Trinajstić information content (AvgIpc) is 3.29. The molecular weight excluding hydrogens is 294 g/mol. The van der Waals surface area contributed by atoms with Gasteiger partial charge in [0.05, 0.1) is 10.7 Å². The Kier molecular flexibility index (Phi) is 6.20. The molecule has 1 aliphatic rings. The van der Waals surface area contributed by atoms with Gasteiger partial charge in [0, 0.05) is 43.5 Å². The van der Waals surface area contributed by atoms with Gasteiger partial charge in [-0.3, -0.25) is 9.89 Å². The van der Waals surface area contributed by atoms with Crippen LogP contribution in [0.4, 0.5) is 0 Å². The minimum absolute atomic E-state index is 0.523. The van der Waals surface area contributed by atoms with Gasteiger partial charge in [-0.2, -0.15) is 0 Å². The molecule has 1 unspecified atom stereocenters. The highest BCUT2D eigenvalue weighted by Crippen LogP contribution is 2.26. The summed E-state index contributed by atoms with van der Waals surface area (Å²) < 4.78 is 0. The third-order valence-electron chi connectivity index (χ3n) is 4.31. The molecule has 0 bridgehead atoms. The van der Waals surface area contributed by atoms with E-state index in [1.165, 1.54) is 22.7 Å². The van der Waals surface area contributed by atoms with Crippen LogP contribution in [0.5, 0.6) is 0 Å². The lowest BCUT2D eigenvalue weighted by atomic mass is 10.3. The summed E-state index contributed by atoms with van der Waals surface area (Å²) in [5.41, 5.74) is 1.15. The van der Waals surface area contributed by atoms with E-state index < -0.39 is 0 Å². The summed E-state index contributed by atoms with van der Waals surface area (Å²) in [4.78, 5) is 12.6. The summed E-state index contributed by atoms with van der Waals surface area (Å²) in [5, 5.41) is 7.98. The van der Waals surface area contributed by atoms with Crippen molar-refractivity contribution in [2.24, 2.45) is 4.99 Å². The number of guanidine groups is 1. The molecule has 1 fully saturated rings. The molecule has 1 heterocycles. The van der Waals surface area contributed by atoms with Crippen LogP contribution in [0, 0.1) is 13.8 Å². The molecule has 1 aromatic heterocycles. The van der Waals surface area contributed by atoms with Crippen LogP contribution in [-0.4, -0.2) is 55.1 Å². The van der Waals surface area contributed by atoms with Crippen LogP contribution in [0.15, 0.2) is 4.99 Å². The monoisotopic (exact) mass is 323 g/mol. The molecule has 0 aromatic carbocycles. The van der Waals surface area contributed by atoms with Gasteiger partial charge >= 0.3 is 0 Å². The van der Waals surface area contributed by atoms with Crippen LogP contribution in [-0.2, 0) is 6.42 Å². The van der Waals surface area contributed by atoms with Crippen LogP contribution in [0.1, 0.15) is 35.3 Å². The number of aliphatic imine (C=N–C) groups is 1. The minimum Gasteiger partial charge on any atom is -0.356 e. The number of nitrogens with zero attached hydrogens (tertiary/aromatic N) is 3. The Balaban J connectivity index is 1.68. The lowest BCUT2D eigenvalue weighted by molar-refractivity contribution is 0.247. The molecule has 1 aliphatic carbocycles. The maximum absolute atomic E-state index is 4.57. The molecule has 22 heavy (non-hydrogen) atoms. The smallest absolute Gasteiger partial charge is 0.191 e. The first-order chi connectivity index (χ1) is 10.5. The van der Waals surface area contributed by atoms with Crippen molar-refractivity contribution >= 4 is 17.3 Å². The standard InChI is InChI=1S/C16H29N5S/c1-11(21(5)14-6-7-14)10-19-16(17-4)18-9-8-15-20-12(2)13(3)22-15/h11,14H,6-10H2,1-5H3,(H2,17,18,19). The zero-order chi connectivity index (χ0) is 16.1. The van der Waals surface area contributed by atoms with E-state index >= 15 is 0 Å². The molecule has 0 aliphatic heterocycles. The van der Waals surface area contributed by atoms with E-state index in [2.05, 4.69) is 53.3 Å². The van der Waals surface area contributed by atoms with Crippen molar-refractivity contribution in [3.05, 3.63) is 15.6 Å². The summed E-state index contributed by atoms with van der Waals surface area (Å²) in [7, 11) is 4.04. The lowest BCUT2D eigenvalue weighted by Gasteiger charge is -2.25. The van der Waals surface area contributed by atoms with Crippen LogP contribution < -0.4 is 10.6 Å². The molecule has 0 spiro atoms. The molecule has 2 rings (SSSR count). The van der Waals surface area contributed by atoms with Gasteiger partial charge in [0.25, 0.3) is 0 Å². The van der Waals surface area contributed by atoms with Crippen molar-refractivity contribution in [2.75, 3.05) is 27.2 Å². The Labute approximate surface area is 138 Å². The first kappa shape index (κ1) is 17.2. The zero-order valence-corrected chi connectivity index (χ0v) is 15.3. The van der Waals surface area contributed by atoms with Gasteiger partial charge in [-0.05, 0) is 40.7 Å². The van der Waals surface area contributed by atoms with Gasteiger partial charge in [-0.1, -0.05) is 0 Å². The van der Waals surface area contributed by atoms with Crippen LogP contribution in [0.3, 0.4) is 0 Å². The third kappa shape index (κ3) is 4.95. The number of hydrogen-bond donors (Lipinski definition) is 2. The Morgan fingerprint density at radius 3 is 2.68 bits per heavy atom. The second kappa shape index (κ2) is 7.92. The molecule has 1 atom stereocenters. The molecule has 0 radical (unpaired) electrons. The van der Waals surface area contributed by atoms with Gasteiger partial charge in [0.15, 0.2) is 5.96 Å². The van der Waals surface area contributed by atoms with Crippen LogP contribution in [0.2, 0.25) is 0 Å². The summed E-state index contributed by atoms with van der Waals surface area (Å²) in [6.07, 6.45) is 3.64. The number of aryl methyl sites for hydroxylation is 2. The van der Waals surface area contributed by atoms with Gasteiger partial charge in [-0.15, -0.1) is 11.3 Å². The number of nitrogens with one attached hydrogen (secondary N) is 2. The summed E-state index contributed by atoms with van der Waals surface area (Å²) in [5.74, 6) is 0.876. The van der Waals surface area contributed by atoms with Crippen molar-refractivity contribution in [1.29, 1.82) is 0 Å². The topological polar surface area (TPSA) is 52.6 Å². The molecule has 124 valence electrons. The van der Waals surface area contributed by atoms with Crippen LogP contribution in [0.25, 0.3) is 0 Å². The number of likely N-dealkylation sites (N-methyl/N-ethyl adjacent to an activating group) is 1. The Bertz CT molecular complexity index is 487. The number of aromatic nitrogens is 1. The molecule has 0 saturated heterocycles. The molecule has 1 aromatic rings. The number of thiazole rings is 1. The lowest BCUT2D eigenvalue weighted by Crippen LogP contribution is -2.45. The van der Waals surface area contributed by atoms with Crippen molar-refractivity contribution in [3.63, 3.8) is 0 Å². The van der Waals surface area contributed by atoms with E-state index in [-0.39, 0.29) is 0 Å². The van der Waals surface area contributed by atoms with E-state index in [9.17, 15) is 0 Å². The molecular formula is C16H29N5S. The first-order valence-corrected chi connectivity index (χ1v) is 8.92. The van der Waals surface area contributed by atoms with E-state index in [4.69, 9.17) is 0 Å². The van der Waals surface area contributed by atoms with E-state index in [1.807, 2.05) is 7.05 Å². The first-order valence-electron chi connectivity index (χ1n) is 8.10. The Hall–Kier alpha value is -1.14. The van der Waals surface area contributed by atoms with Crippen LogP contribution >= 0.6 is 11.3 Å². The second-order valence-corrected chi connectivity index (χ2v) is 7.41. The third-order valence-corrected chi connectivity index (χ3v) is 5.44. The van der Waals surface area contributed by atoms with Crippen molar-refractivity contribution in [3.8, 4) is 0 Å². The average molecular weight is 324 g/mol. The van der Waals surface area contributed by atoms with E-state index in [0.29, 0.717) is 6.04 Å². The van der Waals surface area contributed by atoms with E-state index in [1.54, 1.807) is 11.3 Å². The molecule has 5 nitrogen and oxygen atoms in total. The predicted octanol–water partition coefficient (Wildman–Crippen LogP) is 1.95. The maximum Gasteiger partial charge on any atom is 0.191 e. The summed E-state index contributed by atoms with van der Waals surface area (Å²) in [6, 6.07) is 1.32. The van der Waals surface area contributed by atoms with Crippen molar-refractivity contribution < 1.29 is 0 Å². The quantitative estimate of drug-likeness (QED) is 0.595. The normalized spacial score (nSPS) is 16.9. The molecule has 0 amide bonds. The van der Waals surface area contributed by atoms with E-state index in [0.717, 1.165) is 37.2 Å². The van der Waals surface area contributed by atoms with Gasteiger partial charge in [-0.25, -0.2) is 4.98 Å². The highest BCUT2D eigenvalue weighted by molar-refractivity contribution is 7.11. The van der Waals surface area contributed by atoms with Gasteiger partial charge < -0.3 is 10.6 Å². The fraction of sp³-hybridized carbons (Fsp3) is 0.750. The largest absolute Gasteiger partial charge is 0.356 e. The van der Waals surface area contributed by atoms with Gasteiger partial charge in [0.1, 0.15) is 0 Å². The summed E-state index contributed by atoms with van der Waals surface area (Å²) >= 11 is 1.79. The van der Waals surface area contributed by atoms with Crippen molar-refractivity contribution in [1.82, 2.24) is 20.5 Å². The summed E-state index contributed by atoms with van der Waals surface area (Å²) in [6.45, 7) is 8.24. The molecule has 6 heteroatoms. The minimum atomic E-state index is 0.523. The Morgan fingerprint density at radius 1 is 1.41 bits per heavy atom. The fourth-order valence-corrected chi connectivity index (χ4v) is 3.32. The highest BCUT2D eigenvalue weighted by atomic mass is 32.1. The maximum atomic E-state index is 4.57. The second-order valence-electron chi connectivity index (χ2n) is 6.12. The number of rotatable bonds is 7. The molecule has 2 N–H and O–H groups in total. The highest BCUT2D eigenvalue weighted by Gasteiger charge is 2.28. The zero-order valence-electron chi connectivity index (χ0n) is 14.4. The molecule has 1 saturated carbocycles. The Morgan fingerprint density at radius 2 is 2.14 bits per heavy atom. The predicted molar refractivity (Wildman–Crippen MR) is 94.9 cm³/mol. The van der Waals surface area contributed by atoms with Gasteiger partial charge in [0.2, 0.25) is 0 Å². The SMILES string of the molecule is CN=C(NCCc1nc(C)c(C)s1)NCC(C)N(C)C1CC1. The van der Waals surface area contributed by atoms with Crippen molar-refractivity contribution in [2.45, 2.75) is 52.1 Å².